The molecule has 0 spiro atoms. The van der Waals surface area contributed by atoms with E-state index in [1.165, 1.54) is 0 Å². The van der Waals surface area contributed by atoms with Gasteiger partial charge in [0.1, 0.15) is 0 Å². The average Bonchev–Trinajstić information content (AvgIpc) is 3.73. The van der Waals surface area contributed by atoms with Gasteiger partial charge in [0.2, 0.25) is 5.91 Å². The van der Waals surface area contributed by atoms with Crippen molar-refractivity contribution in [3.8, 4) is 0 Å². The Morgan fingerprint density at radius 2 is 1.23 bits per heavy atom. The number of amides is 1. The summed E-state index contributed by atoms with van der Waals surface area (Å²) in [6.07, 6.45) is -9.84. The second-order valence-corrected chi connectivity index (χ2v) is 11.0. The number of alkyl halides is 6. The van der Waals surface area contributed by atoms with E-state index in [0.29, 0.717) is 23.9 Å². The minimum Gasteiger partial charge on any atom is -0.999 e. The molecule has 0 saturated carbocycles. The zero-order chi connectivity index (χ0) is 30.2. The standard InChI is InChI=1S/C28H17F6NOP.C5H.Fe/c29-27(30,31)21-15-20(16-22(17-21)28(32,33)34)26(36)35-25(19-9-7-8-10-19)18-37(23-11-3-1-4-12-23)24-13-5-2-6-14-24;1-2-4-5-3-1;/h1-6,11-17,25H,18H2,(H,35,36);1H;/q2*-5;/t25-;;/m0../s1. The van der Waals surface area contributed by atoms with Crippen LogP contribution in [0.2, 0.25) is 0 Å². The molecule has 1 amide bonds. The zero-order valence-electron chi connectivity index (χ0n) is 21.8. The van der Waals surface area contributed by atoms with Crippen LogP contribution in [0.25, 0.3) is 0 Å². The fraction of sp³-hybridized carbons (Fsp3) is 0.121. The van der Waals surface area contributed by atoms with Crippen molar-refractivity contribution in [2.75, 3.05) is 6.16 Å². The molecule has 43 heavy (non-hydrogen) atoms. The molecule has 0 unspecified atom stereocenters. The van der Waals surface area contributed by atoms with Gasteiger partial charge in [-0.2, -0.15) is 26.3 Å². The quantitative estimate of drug-likeness (QED) is 0.0893. The van der Waals surface area contributed by atoms with Crippen LogP contribution in [0.1, 0.15) is 33.1 Å². The van der Waals surface area contributed by atoms with Gasteiger partial charge in [0.25, 0.3) is 0 Å². The van der Waals surface area contributed by atoms with Gasteiger partial charge >= 0.3 is 12.4 Å². The predicted molar refractivity (Wildman–Crippen MR) is 145 cm³/mol. The smallest absolute Gasteiger partial charge is 0.416 e. The molecule has 5 rings (SSSR count). The van der Waals surface area contributed by atoms with Crippen molar-refractivity contribution >= 4 is 24.4 Å². The predicted octanol–water partition coefficient (Wildman–Crippen LogP) is 6.85. The molecule has 10 heteroatoms. The van der Waals surface area contributed by atoms with Crippen molar-refractivity contribution in [1.82, 2.24) is 5.32 Å². The van der Waals surface area contributed by atoms with Gasteiger partial charge in [-0.1, -0.05) is 60.7 Å². The maximum absolute atomic E-state index is 13.3. The summed E-state index contributed by atoms with van der Waals surface area (Å²) in [5.74, 6) is -1.08. The van der Waals surface area contributed by atoms with Gasteiger partial charge < -0.3 is 65.5 Å². The van der Waals surface area contributed by atoms with E-state index in [-0.39, 0.29) is 23.1 Å². The molecule has 0 bridgehead atoms. The Labute approximate surface area is 257 Å². The number of carbonyl (C=O) groups excluding carboxylic acids is 1. The van der Waals surface area contributed by atoms with Gasteiger partial charge in [0, 0.05) is 22.6 Å². The number of nitrogens with one attached hydrogen (secondary N) is 1. The minimum absolute atomic E-state index is 0. The summed E-state index contributed by atoms with van der Waals surface area (Å²) in [5.41, 5.74) is -3.54. The van der Waals surface area contributed by atoms with E-state index in [1.807, 2.05) is 60.7 Å². The topological polar surface area (TPSA) is 29.1 Å². The SMILES string of the molecule is O=C(N[C@@H](CP(c1ccccc1)c1ccccc1)[c-]1[c-][c-][c-][c-]1)c1cc(C(F)(F)F)cc(C(F)(F)F)c1.[Fe].[c-]1[c-][c-][cH-][c-]1. The summed E-state index contributed by atoms with van der Waals surface area (Å²) in [6, 6.07) is 41.6. The second-order valence-electron chi connectivity index (χ2n) is 8.70. The number of hydrogen-bond donors (Lipinski definition) is 1. The van der Waals surface area contributed by atoms with Crippen molar-refractivity contribution in [3.05, 3.63) is 156 Å². The Kier molecular flexibility index (Phi) is 12.0. The summed E-state index contributed by atoms with van der Waals surface area (Å²) in [4.78, 5) is 13.1. The summed E-state index contributed by atoms with van der Waals surface area (Å²) in [5, 5.41) is 4.55. The first-order chi connectivity index (χ1) is 20.0. The van der Waals surface area contributed by atoms with E-state index in [4.69, 9.17) is 0 Å². The van der Waals surface area contributed by atoms with Crippen LogP contribution >= 0.6 is 7.92 Å². The molecule has 5 aromatic carbocycles. The molecule has 0 aliphatic heterocycles. The molecular weight excluding hydrogens is 627 g/mol. The van der Waals surface area contributed by atoms with E-state index >= 15 is 0 Å². The molecule has 0 saturated heterocycles. The largest absolute Gasteiger partial charge is 0.999 e. The number of halogens is 6. The third-order valence-corrected chi connectivity index (χ3v) is 8.39. The number of hydrogen-bond acceptors (Lipinski definition) is 1. The van der Waals surface area contributed by atoms with Crippen LogP contribution in [0.3, 0.4) is 0 Å². The third kappa shape index (κ3) is 9.69. The Hall–Kier alpha value is -3.64. The first-order valence-electron chi connectivity index (χ1n) is 12.2. The Morgan fingerprint density at radius 1 is 0.767 bits per heavy atom. The van der Waals surface area contributed by atoms with Crippen molar-refractivity contribution in [2.45, 2.75) is 18.4 Å². The van der Waals surface area contributed by atoms with E-state index < -0.39 is 48.9 Å². The summed E-state index contributed by atoms with van der Waals surface area (Å²) in [7, 11) is -1.09. The Morgan fingerprint density at radius 3 is 1.63 bits per heavy atom. The van der Waals surface area contributed by atoms with Crippen molar-refractivity contribution in [2.24, 2.45) is 0 Å². The van der Waals surface area contributed by atoms with Gasteiger partial charge in [0.05, 0.1) is 11.1 Å². The van der Waals surface area contributed by atoms with Gasteiger partial charge in [-0.3, -0.25) is 4.79 Å². The molecule has 2 nitrogen and oxygen atoms in total. The van der Waals surface area contributed by atoms with Crippen LogP contribution in [0, 0.1) is 48.5 Å². The maximum Gasteiger partial charge on any atom is 0.416 e. The molecular formula is C33H18F6FeNOP-10. The molecule has 0 fully saturated rings. The first kappa shape index (κ1) is 33.9. The number of carbonyl (C=O) groups is 1. The van der Waals surface area contributed by atoms with Gasteiger partial charge in [-0.05, 0) is 42.9 Å². The van der Waals surface area contributed by atoms with Crippen molar-refractivity contribution in [3.63, 3.8) is 0 Å². The van der Waals surface area contributed by atoms with Crippen LogP contribution in [0.15, 0.2) is 84.9 Å². The van der Waals surface area contributed by atoms with Crippen LogP contribution in [-0.2, 0) is 29.4 Å². The fourth-order valence-corrected chi connectivity index (χ4v) is 6.30. The third-order valence-electron chi connectivity index (χ3n) is 5.81. The van der Waals surface area contributed by atoms with Gasteiger partial charge in [-0.25, -0.2) is 0 Å². The maximum atomic E-state index is 13.3. The molecule has 0 heterocycles. The average molecular weight is 645 g/mol. The van der Waals surface area contributed by atoms with E-state index in [9.17, 15) is 31.1 Å². The second kappa shape index (κ2) is 15.2. The number of benzene rings is 3. The fourth-order valence-electron chi connectivity index (χ4n) is 3.88. The minimum atomic E-state index is -5.07. The molecule has 5 aromatic rings. The summed E-state index contributed by atoms with van der Waals surface area (Å²) in [6.45, 7) is 0. The molecule has 0 aromatic heterocycles. The van der Waals surface area contributed by atoms with Crippen LogP contribution in [0.4, 0.5) is 26.3 Å². The normalized spacial score (nSPS) is 12.1. The first-order valence-corrected chi connectivity index (χ1v) is 13.7. The van der Waals surface area contributed by atoms with Crippen LogP contribution < -0.4 is 15.9 Å². The Balaban J connectivity index is 0.000000765. The molecule has 0 aliphatic carbocycles. The number of rotatable bonds is 7. The van der Waals surface area contributed by atoms with Crippen LogP contribution in [0.5, 0.6) is 0 Å². The molecule has 0 aliphatic rings. The molecule has 1 atom stereocenters. The van der Waals surface area contributed by atoms with Gasteiger partial charge in [0.15, 0.2) is 0 Å². The molecule has 1 N–H and O–H groups in total. The zero-order valence-corrected chi connectivity index (χ0v) is 23.8. The van der Waals surface area contributed by atoms with Gasteiger partial charge in [-0.15, -0.1) is 6.04 Å². The summed E-state index contributed by atoms with van der Waals surface area (Å²) < 4.78 is 79.9. The molecule has 0 radical (unpaired) electrons. The van der Waals surface area contributed by atoms with E-state index in [1.54, 1.807) is 6.07 Å². The van der Waals surface area contributed by atoms with Crippen LogP contribution in [-0.4, -0.2) is 12.1 Å². The Bertz CT molecular complexity index is 1430. The van der Waals surface area contributed by atoms with Crippen molar-refractivity contribution < 1.29 is 48.2 Å². The van der Waals surface area contributed by atoms with E-state index in [0.717, 1.165) is 10.6 Å². The van der Waals surface area contributed by atoms with E-state index in [2.05, 4.69) is 53.8 Å². The molecule has 226 valence electrons. The summed E-state index contributed by atoms with van der Waals surface area (Å²) >= 11 is 0. The van der Waals surface area contributed by atoms with Crippen molar-refractivity contribution in [1.29, 1.82) is 0 Å². The monoisotopic (exact) mass is 645 g/mol.